The second kappa shape index (κ2) is 7.31. The van der Waals surface area contributed by atoms with E-state index in [2.05, 4.69) is 133 Å². The summed E-state index contributed by atoms with van der Waals surface area (Å²) < 4.78 is 0. The fourth-order valence-corrected chi connectivity index (χ4v) is 7.03. The molecule has 0 heterocycles. The highest BCUT2D eigenvalue weighted by Gasteiger charge is 2.25. The lowest BCUT2D eigenvalue weighted by Crippen LogP contribution is -1.87. The van der Waals surface area contributed by atoms with Gasteiger partial charge >= 0.3 is 0 Å². The second-order valence-corrected chi connectivity index (χ2v) is 10.4. The van der Waals surface area contributed by atoms with Crippen molar-refractivity contribution in [3.05, 3.63) is 133 Å². The molecular formula is C38H22. The zero-order valence-electron chi connectivity index (χ0n) is 20.7. The molecule has 9 rings (SSSR count). The van der Waals surface area contributed by atoms with Crippen molar-refractivity contribution in [3.8, 4) is 22.3 Å². The van der Waals surface area contributed by atoms with E-state index in [1.165, 1.54) is 86.9 Å². The number of rotatable bonds is 2. The first-order chi connectivity index (χ1) is 18.9. The summed E-state index contributed by atoms with van der Waals surface area (Å²) in [5.41, 5.74) is 5.13. The van der Waals surface area contributed by atoms with Crippen molar-refractivity contribution in [3.63, 3.8) is 0 Å². The highest BCUT2D eigenvalue weighted by atomic mass is 14.3. The summed E-state index contributed by atoms with van der Waals surface area (Å²) >= 11 is 0. The fraction of sp³-hybridized carbons (Fsp3) is 0. The van der Waals surface area contributed by atoms with Gasteiger partial charge in [0.25, 0.3) is 0 Å². The van der Waals surface area contributed by atoms with Crippen LogP contribution in [0.2, 0.25) is 0 Å². The van der Waals surface area contributed by atoms with E-state index >= 15 is 0 Å². The maximum Gasteiger partial charge on any atom is -0.000697 e. The molecule has 0 aliphatic rings. The molecule has 0 spiro atoms. The zero-order valence-corrected chi connectivity index (χ0v) is 20.7. The Balaban J connectivity index is 1.67. The Hall–Kier alpha value is -4.94. The average Bonchev–Trinajstić information content (AvgIpc) is 3.49. The van der Waals surface area contributed by atoms with Crippen LogP contribution in [0, 0.1) is 0 Å². The van der Waals surface area contributed by atoms with Gasteiger partial charge in [-0.05, 0) is 99.0 Å². The van der Waals surface area contributed by atoms with Crippen LogP contribution in [-0.2, 0) is 0 Å². The van der Waals surface area contributed by atoms with E-state index in [0.29, 0.717) is 0 Å². The van der Waals surface area contributed by atoms with E-state index in [1.54, 1.807) is 0 Å². The van der Waals surface area contributed by atoms with Crippen molar-refractivity contribution in [1.29, 1.82) is 0 Å². The average molecular weight is 479 g/mol. The summed E-state index contributed by atoms with van der Waals surface area (Å²) in [6, 6.07) is 49.2. The highest BCUT2D eigenvalue weighted by molar-refractivity contribution is 6.48. The molecule has 0 bridgehead atoms. The molecule has 0 nitrogen and oxygen atoms in total. The molecule has 0 radical (unpaired) electrons. The summed E-state index contributed by atoms with van der Waals surface area (Å²) in [4.78, 5) is 0. The van der Waals surface area contributed by atoms with Crippen LogP contribution in [0.1, 0.15) is 0 Å². The Kier molecular flexibility index (Phi) is 3.88. The topological polar surface area (TPSA) is 0 Å². The van der Waals surface area contributed by atoms with E-state index in [9.17, 15) is 0 Å². The van der Waals surface area contributed by atoms with Crippen LogP contribution in [0.5, 0.6) is 0 Å². The summed E-state index contributed by atoms with van der Waals surface area (Å²) in [6.45, 7) is 0. The van der Waals surface area contributed by atoms with Crippen molar-refractivity contribution in [2.45, 2.75) is 0 Å². The van der Waals surface area contributed by atoms with Gasteiger partial charge in [0, 0.05) is 0 Å². The van der Waals surface area contributed by atoms with Crippen LogP contribution < -0.4 is 0 Å². The molecular weight excluding hydrogens is 456 g/mol. The number of hydrogen-bond acceptors (Lipinski definition) is 0. The molecule has 0 unspecified atom stereocenters. The minimum Gasteiger partial charge on any atom is -0.0622 e. The van der Waals surface area contributed by atoms with E-state index in [4.69, 9.17) is 0 Å². The van der Waals surface area contributed by atoms with Crippen LogP contribution in [0.4, 0.5) is 0 Å². The Morgan fingerprint density at radius 1 is 0.263 bits per heavy atom. The van der Waals surface area contributed by atoms with E-state index < -0.39 is 0 Å². The Labute approximate surface area is 220 Å². The van der Waals surface area contributed by atoms with Gasteiger partial charge in [-0.1, -0.05) is 121 Å². The molecule has 0 aromatic heterocycles. The lowest BCUT2D eigenvalue weighted by atomic mass is 9.88. The van der Waals surface area contributed by atoms with Crippen LogP contribution in [0.15, 0.2) is 133 Å². The predicted octanol–water partition coefficient (Wildman–Crippen LogP) is 10.8. The lowest BCUT2D eigenvalue weighted by molar-refractivity contribution is 1.66. The van der Waals surface area contributed by atoms with E-state index in [-0.39, 0.29) is 0 Å². The molecule has 0 amide bonds. The normalized spacial score (nSPS) is 12.2. The SMILES string of the molecule is c1ccc(-c2cc3c(-c4ccccc4)c4c5cccc6cccc(c65)c4c4c5ccccc5c(c2)c34)cc1. The van der Waals surface area contributed by atoms with Crippen LogP contribution in [0.3, 0.4) is 0 Å². The molecule has 174 valence electrons. The summed E-state index contributed by atoms with van der Waals surface area (Å²) in [6.07, 6.45) is 0. The van der Waals surface area contributed by atoms with E-state index in [1.807, 2.05) is 0 Å². The molecule has 9 aromatic rings. The molecule has 0 N–H and O–H groups in total. The minimum absolute atomic E-state index is 1.25. The molecule has 0 saturated heterocycles. The van der Waals surface area contributed by atoms with Crippen molar-refractivity contribution in [1.82, 2.24) is 0 Å². The Morgan fingerprint density at radius 3 is 1.55 bits per heavy atom. The van der Waals surface area contributed by atoms with Crippen LogP contribution in [-0.4, -0.2) is 0 Å². The fourth-order valence-electron chi connectivity index (χ4n) is 7.03. The van der Waals surface area contributed by atoms with Crippen LogP contribution >= 0.6 is 0 Å². The van der Waals surface area contributed by atoms with Gasteiger partial charge in [0.2, 0.25) is 0 Å². The van der Waals surface area contributed by atoms with Crippen LogP contribution in [0.25, 0.3) is 86.9 Å². The first kappa shape index (κ1) is 20.2. The Morgan fingerprint density at radius 2 is 0.816 bits per heavy atom. The van der Waals surface area contributed by atoms with Gasteiger partial charge < -0.3 is 0 Å². The molecule has 0 atom stereocenters. The third-order valence-electron chi connectivity index (χ3n) is 8.51. The smallest absolute Gasteiger partial charge is 0.000697 e. The van der Waals surface area contributed by atoms with Gasteiger partial charge in [-0.25, -0.2) is 0 Å². The predicted molar refractivity (Wildman–Crippen MR) is 165 cm³/mol. The van der Waals surface area contributed by atoms with Crippen molar-refractivity contribution >= 4 is 64.6 Å². The number of fused-ring (bicyclic) bond motifs is 7. The molecule has 38 heavy (non-hydrogen) atoms. The molecule has 0 saturated carbocycles. The Bertz CT molecular complexity index is 2300. The molecule has 0 fully saturated rings. The van der Waals surface area contributed by atoms with Crippen molar-refractivity contribution < 1.29 is 0 Å². The minimum atomic E-state index is 1.25. The summed E-state index contributed by atoms with van der Waals surface area (Å²) in [7, 11) is 0. The summed E-state index contributed by atoms with van der Waals surface area (Å²) in [5, 5.41) is 16.3. The first-order valence-corrected chi connectivity index (χ1v) is 13.3. The van der Waals surface area contributed by atoms with Gasteiger partial charge in [0.15, 0.2) is 0 Å². The molecule has 0 aliphatic carbocycles. The zero-order chi connectivity index (χ0) is 24.8. The standard InChI is InChI=1S/C38H22/c1-3-11-23(12-4-1)26-21-31-27-17-7-8-18-28(27)36-35(31)32(22-26)34(25-13-5-2-6-14-25)37-29-19-9-15-24-16-10-20-30(33(24)29)38(36)37/h1-22H. The van der Waals surface area contributed by atoms with Gasteiger partial charge in [-0.2, -0.15) is 0 Å². The van der Waals surface area contributed by atoms with E-state index in [0.717, 1.165) is 0 Å². The third kappa shape index (κ3) is 2.50. The maximum atomic E-state index is 2.44. The maximum absolute atomic E-state index is 2.44. The molecule has 0 aliphatic heterocycles. The summed E-state index contributed by atoms with van der Waals surface area (Å²) in [5.74, 6) is 0. The van der Waals surface area contributed by atoms with Gasteiger partial charge in [0.1, 0.15) is 0 Å². The quantitative estimate of drug-likeness (QED) is 0.232. The monoisotopic (exact) mass is 478 g/mol. The molecule has 0 heteroatoms. The second-order valence-electron chi connectivity index (χ2n) is 10.4. The first-order valence-electron chi connectivity index (χ1n) is 13.3. The highest BCUT2D eigenvalue weighted by Crippen LogP contribution is 2.53. The van der Waals surface area contributed by atoms with Crippen molar-refractivity contribution in [2.75, 3.05) is 0 Å². The van der Waals surface area contributed by atoms with Gasteiger partial charge in [-0.15, -0.1) is 0 Å². The van der Waals surface area contributed by atoms with Gasteiger partial charge in [0.05, 0.1) is 0 Å². The third-order valence-corrected chi connectivity index (χ3v) is 8.51. The van der Waals surface area contributed by atoms with Crippen molar-refractivity contribution in [2.24, 2.45) is 0 Å². The lowest BCUT2D eigenvalue weighted by Gasteiger charge is -2.14. The largest absolute Gasteiger partial charge is 0.0622 e. The number of hydrogen-bond donors (Lipinski definition) is 0. The van der Waals surface area contributed by atoms with Gasteiger partial charge in [-0.3, -0.25) is 0 Å². The number of benzene rings is 7. The molecule has 9 aromatic carbocycles.